The Morgan fingerprint density at radius 1 is 1.00 bits per heavy atom. The normalized spacial score (nSPS) is 17.8. The average Bonchev–Trinajstić information content (AvgIpc) is 2.83. The summed E-state index contributed by atoms with van der Waals surface area (Å²) in [5, 5.41) is 0. The summed E-state index contributed by atoms with van der Waals surface area (Å²) in [5.41, 5.74) is -0.00415. The smallest absolute Gasteiger partial charge is 0.158 e. The van der Waals surface area contributed by atoms with E-state index < -0.39 is 0 Å². The number of hydrogen-bond acceptors (Lipinski definition) is 2. The third-order valence-corrected chi connectivity index (χ3v) is 4.30. The van der Waals surface area contributed by atoms with Crippen molar-refractivity contribution in [2.75, 3.05) is 6.61 Å². The second-order valence-electron chi connectivity index (χ2n) is 6.36. The van der Waals surface area contributed by atoms with Crippen molar-refractivity contribution < 1.29 is 9.53 Å². The fourth-order valence-electron chi connectivity index (χ4n) is 2.87. The fourth-order valence-corrected chi connectivity index (χ4v) is 2.87. The van der Waals surface area contributed by atoms with Gasteiger partial charge in [0.05, 0.1) is 5.60 Å². The summed E-state index contributed by atoms with van der Waals surface area (Å²) in [5.74, 6) is 0.293. The highest BCUT2D eigenvalue weighted by atomic mass is 16.5. The molecule has 0 saturated heterocycles. The van der Waals surface area contributed by atoms with Crippen LogP contribution in [0.5, 0.6) is 0 Å². The Hall–Kier alpha value is -0.370. The highest BCUT2D eigenvalue weighted by Gasteiger charge is 2.29. The molecular weight excluding hydrogens is 236 g/mol. The SMILES string of the molecule is CCCCCCCCCC(=O)COC1(C)CCCC1. The molecular formula is C17H32O2. The number of unbranched alkanes of at least 4 members (excludes halogenated alkanes) is 6. The van der Waals surface area contributed by atoms with E-state index in [4.69, 9.17) is 4.74 Å². The van der Waals surface area contributed by atoms with Gasteiger partial charge >= 0.3 is 0 Å². The fraction of sp³-hybridized carbons (Fsp3) is 0.941. The summed E-state index contributed by atoms with van der Waals surface area (Å²) in [6, 6.07) is 0. The van der Waals surface area contributed by atoms with Crippen LogP contribution in [-0.2, 0) is 9.53 Å². The standard InChI is InChI=1S/C17H32O2/c1-3-4-5-6-7-8-9-12-16(18)15-19-17(2)13-10-11-14-17/h3-15H2,1-2H3. The molecule has 1 aliphatic rings. The molecule has 0 atom stereocenters. The first-order valence-corrected chi connectivity index (χ1v) is 8.32. The summed E-state index contributed by atoms with van der Waals surface area (Å²) in [7, 11) is 0. The molecule has 1 aliphatic carbocycles. The first-order valence-electron chi connectivity index (χ1n) is 8.32. The molecule has 0 aromatic rings. The zero-order chi connectivity index (χ0) is 14.0. The van der Waals surface area contributed by atoms with Gasteiger partial charge in [0.25, 0.3) is 0 Å². The van der Waals surface area contributed by atoms with Gasteiger partial charge in [0.15, 0.2) is 5.78 Å². The molecule has 2 nitrogen and oxygen atoms in total. The van der Waals surface area contributed by atoms with E-state index in [9.17, 15) is 4.79 Å². The number of carbonyl (C=O) groups is 1. The maximum atomic E-state index is 11.8. The van der Waals surface area contributed by atoms with Crippen LogP contribution < -0.4 is 0 Å². The van der Waals surface area contributed by atoms with Crippen LogP contribution in [0.4, 0.5) is 0 Å². The van der Waals surface area contributed by atoms with Gasteiger partial charge in [0, 0.05) is 6.42 Å². The minimum atomic E-state index is -0.00415. The van der Waals surface area contributed by atoms with Crippen molar-refractivity contribution in [3.63, 3.8) is 0 Å². The highest BCUT2D eigenvalue weighted by Crippen LogP contribution is 2.32. The average molecular weight is 268 g/mol. The molecule has 1 rings (SSSR count). The predicted molar refractivity (Wildman–Crippen MR) is 80.4 cm³/mol. The number of hydrogen-bond donors (Lipinski definition) is 0. The number of rotatable bonds is 11. The van der Waals surface area contributed by atoms with Gasteiger partial charge in [-0.3, -0.25) is 4.79 Å². The first kappa shape index (κ1) is 16.7. The predicted octanol–water partition coefficient (Wildman–Crippen LogP) is 5.05. The van der Waals surface area contributed by atoms with Gasteiger partial charge < -0.3 is 4.74 Å². The maximum Gasteiger partial charge on any atom is 0.158 e. The minimum absolute atomic E-state index is 0.00415. The molecule has 0 aliphatic heterocycles. The van der Waals surface area contributed by atoms with Crippen LogP contribution in [0, 0.1) is 0 Å². The molecule has 2 heteroatoms. The molecule has 0 N–H and O–H groups in total. The summed E-state index contributed by atoms with van der Waals surface area (Å²) < 4.78 is 5.81. The zero-order valence-electron chi connectivity index (χ0n) is 13.0. The molecule has 0 bridgehead atoms. The number of carbonyl (C=O) groups excluding carboxylic acids is 1. The Balaban J connectivity index is 1.93. The van der Waals surface area contributed by atoms with Crippen molar-refractivity contribution >= 4 is 5.78 Å². The van der Waals surface area contributed by atoms with E-state index in [0.717, 1.165) is 19.3 Å². The summed E-state index contributed by atoms with van der Waals surface area (Å²) >= 11 is 0. The lowest BCUT2D eigenvalue weighted by Gasteiger charge is -2.23. The largest absolute Gasteiger partial charge is 0.368 e. The Morgan fingerprint density at radius 3 is 2.21 bits per heavy atom. The van der Waals surface area contributed by atoms with Gasteiger partial charge in [0.2, 0.25) is 0 Å². The first-order chi connectivity index (χ1) is 9.16. The van der Waals surface area contributed by atoms with Crippen molar-refractivity contribution in [3.05, 3.63) is 0 Å². The summed E-state index contributed by atoms with van der Waals surface area (Å²) in [6.07, 6.45) is 14.3. The van der Waals surface area contributed by atoms with Crippen molar-refractivity contribution in [3.8, 4) is 0 Å². The lowest BCUT2D eigenvalue weighted by atomic mass is 10.1. The van der Waals surface area contributed by atoms with Crippen molar-refractivity contribution in [2.24, 2.45) is 0 Å². The molecule has 0 aromatic heterocycles. The molecule has 0 radical (unpaired) electrons. The van der Waals surface area contributed by atoms with E-state index in [-0.39, 0.29) is 5.60 Å². The van der Waals surface area contributed by atoms with Crippen LogP contribution in [0.1, 0.15) is 90.9 Å². The van der Waals surface area contributed by atoms with Crippen LogP contribution in [-0.4, -0.2) is 18.0 Å². The second kappa shape index (κ2) is 9.52. The van der Waals surface area contributed by atoms with Crippen molar-refractivity contribution in [1.82, 2.24) is 0 Å². The summed E-state index contributed by atoms with van der Waals surface area (Å²) in [4.78, 5) is 11.8. The van der Waals surface area contributed by atoms with Gasteiger partial charge in [-0.1, -0.05) is 58.3 Å². The van der Waals surface area contributed by atoms with Crippen LogP contribution in [0.3, 0.4) is 0 Å². The molecule has 19 heavy (non-hydrogen) atoms. The van der Waals surface area contributed by atoms with E-state index >= 15 is 0 Å². The second-order valence-corrected chi connectivity index (χ2v) is 6.36. The van der Waals surface area contributed by atoms with E-state index in [1.807, 2.05) is 0 Å². The number of Topliss-reactive ketones (excluding diaryl/α,β-unsaturated/α-hetero) is 1. The molecule has 0 aromatic carbocycles. The van der Waals surface area contributed by atoms with E-state index in [2.05, 4.69) is 13.8 Å². The number of ketones is 1. The Kier molecular flexibility index (Phi) is 8.36. The van der Waals surface area contributed by atoms with E-state index in [0.29, 0.717) is 18.8 Å². The molecule has 0 heterocycles. The van der Waals surface area contributed by atoms with E-state index in [1.165, 1.54) is 51.4 Å². The van der Waals surface area contributed by atoms with Gasteiger partial charge in [-0.05, 0) is 26.2 Å². The van der Waals surface area contributed by atoms with Crippen LogP contribution in [0.15, 0.2) is 0 Å². The Bertz CT molecular complexity index is 242. The lowest BCUT2D eigenvalue weighted by molar-refractivity contribution is -0.130. The van der Waals surface area contributed by atoms with Crippen molar-refractivity contribution in [1.29, 1.82) is 0 Å². The van der Waals surface area contributed by atoms with Gasteiger partial charge in [-0.15, -0.1) is 0 Å². The molecule has 1 saturated carbocycles. The molecule has 0 spiro atoms. The van der Waals surface area contributed by atoms with Gasteiger partial charge in [-0.2, -0.15) is 0 Å². The maximum absolute atomic E-state index is 11.8. The zero-order valence-corrected chi connectivity index (χ0v) is 13.0. The van der Waals surface area contributed by atoms with Gasteiger partial charge in [0.1, 0.15) is 6.61 Å². The van der Waals surface area contributed by atoms with E-state index in [1.54, 1.807) is 0 Å². The molecule has 1 fully saturated rings. The third kappa shape index (κ3) is 7.71. The number of ether oxygens (including phenoxy) is 1. The highest BCUT2D eigenvalue weighted by molar-refractivity contribution is 5.79. The quantitative estimate of drug-likeness (QED) is 0.490. The molecule has 112 valence electrons. The monoisotopic (exact) mass is 268 g/mol. The third-order valence-electron chi connectivity index (χ3n) is 4.30. The molecule has 0 unspecified atom stereocenters. The Morgan fingerprint density at radius 2 is 1.58 bits per heavy atom. The minimum Gasteiger partial charge on any atom is -0.368 e. The lowest BCUT2D eigenvalue weighted by Crippen LogP contribution is -2.27. The van der Waals surface area contributed by atoms with Crippen LogP contribution in [0.2, 0.25) is 0 Å². The molecule has 0 amide bonds. The van der Waals surface area contributed by atoms with Crippen LogP contribution in [0.25, 0.3) is 0 Å². The Labute approximate surface area is 119 Å². The summed E-state index contributed by atoms with van der Waals surface area (Å²) in [6.45, 7) is 4.73. The van der Waals surface area contributed by atoms with Crippen molar-refractivity contribution in [2.45, 2.75) is 96.5 Å². The topological polar surface area (TPSA) is 26.3 Å². The van der Waals surface area contributed by atoms with Gasteiger partial charge in [-0.25, -0.2) is 0 Å². The van der Waals surface area contributed by atoms with Crippen LogP contribution >= 0.6 is 0 Å².